The molecule has 0 nitrogen and oxygen atoms in total. The van der Waals surface area contributed by atoms with Crippen LogP contribution in [0.1, 0.15) is 27.8 Å². The first-order chi connectivity index (χ1) is 13.4. The van der Waals surface area contributed by atoms with Crippen LogP contribution in [0, 0.1) is 59.7 Å². The molecule has 0 N–H and O–H groups in total. The minimum Gasteiger partial charge on any atom is -0.202 e. The SMILES string of the molecule is Cc1ccc(C#Cc2ccc(C#Cc3c(F)c(F)c(F)c(F)c3F)cc2)cc1. The highest BCUT2D eigenvalue weighted by Gasteiger charge is 2.24. The molecule has 0 heterocycles. The van der Waals surface area contributed by atoms with Crippen LogP contribution in [0.5, 0.6) is 0 Å². The molecule has 0 saturated heterocycles. The third-order valence-electron chi connectivity index (χ3n) is 3.83. The Hall–Kier alpha value is -3.57. The van der Waals surface area contributed by atoms with Gasteiger partial charge in [0.05, 0.1) is 0 Å². The third-order valence-corrected chi connectivity index (χ3v) is 3.83. The van der Waals surface area contributed by atoms with Crippen LogP contribution < -0.4 is 0 Å². The molecule has 5 heteroatoms. The maximum Gasteiger partial charge on any atom is 0.200 e. The number of aryl methyl sites for hydroxylation is 1. The lowest BCUT2D eigenvalue weighted by Gasteiger charge is -2.02. The Labute approximate surface area is 158 Å². The van der Waals surface area contributed by atoms with Gasteiger partial charge in [-0.3, -0.25) is 0 Å². The number of hydrogen-bond acceptors (Lipinski definition) is 0. The zero-order valence-corrected chi connectivity index (χ0v) is 14.5. The van der Waals surface area contributed by atoms with Gasteiger partial charge < -0.3 is 0 Å². The second-order valence-electron chi connectivity index (χ2n) is 5.89. The molecule has 0 bridgehead atoms. The summed E-state index contributed by atoms with van der Waals surface area (Å²) < 4.78 is 66.6. The van der Waals surface area contributed by atoms with Crippen LogP contribution in [0.3, 0.4) is 0 Å². The number of benzene rings is 3. The standard InChI is InChI=1S/C23H11F5/c1-14-2-4-15(5-3-14)6-7-16-8-10-17(11-9-16)12-13-18-19(24)21(26)23(28)22(27)20(18)25/h2-5,8-11H,1H3. The van der Waals surface area contributed by atoms with Crippen LogP contribution in [-0.2, 0) is 0 Å². The van der Waals surface area contributed by atoms with Gasteiger partial charge in [-0.15, -0.1) is 0 Å². The second kappa shape index (κ2) is 7.98. The van der Waals surface area contributed by atoms with E-state index in [9.17, 15) is 22.0 Å². The molecule has 0 aliphatic carbocycles. The zero-order valence-electron chi connectivity index (χ0n) is 14.5. The first-order valence-electron chi connectivity index (χ1n) is 8.09. The molecule has 3 rings (SSSR count). The van der Waals surface area contributed by atoms with Crippen molar-refractivity contribution in [3.05, 3.63) is 105 Å². The van der Waals surface area contributed by atoms with Gasteiger partial charge in [0, 0.05) is 16.7 Å². The number of rotatable bonds is 0. The van der Waals surface area contributed by atoms with Crippen molar-refractivity contribution in [3.63, 3.8) is 0 Å². The quantitative estimate of drug-likeness (QED) is 0.209. The molecule has 0 aliphatic heterocycles. The molecule has 3 aromatic rings. The predicted molar refractivity (Wildman–Crippen MR) is 95.8 cm³/mol. The summed E-state index contributed by atoms with van der Waals surface area (Å²) in [4.78, 5) is 0. The van der Waals surface area contributed by atoms with Gasteiger partial charge in [0.25, 0.3) is 0 Å². The van der Waals surface area contributed by atoms with E-state index in [0.717, 1.165) is 11.1 Å². The van der Waals surface area contributed by atoms with Crippen molar-refractivity contribution in [3.8, 4) is 23.7 Å². The van der Waals surface area contributed by atoms with Crippen molar-refractivity contribution in [1.29, 1.82) is 0 Å². The highest BCUT2D eigenvalue weighted by molar-refractivity contribution is 5.48. The molecule has 0 fully saturated rings. The van der Waals surface area contributed by atoms with Crippen molar-refractivity contribution in [2.45, 2.75) is 6.92 Å². The van der Waals surface area contributed by atoms with Gasteiger partial charge >= 0.3 is 0 Å². The van der Waals surface area contributed by atoms with Gasteiger partial charge in [-0.25, -0.2) is 22.0 Å². The van der Waals surface area contributed by atoms with E-state index in [4.69, 9.17) is 0 Å². The molecule has 0 saturated carbocycles. The lowest BCUT2D eigenvalue weighted by atomic mass is 10.1. The molecule has 3 aromatic carbocycles. The first kappa shape index (κ1) is 19.2. The third kappa shape index (κ3) is 4.05. The van der Waals surface area contributed by atoms with E-state index in [1.807, 2.05) is 37.1 Å². The summed E-state index contributed by atoms with van der Waals surface area (Å²) in [5.41, 5.74) is 1.83. The fourth-order valence-electron chi connectivity index (χ4n) is 2.27. The highest BCUT2D eigenvalue weighted by Crippen LogP contribution is 2.22. The Kier molecular flexibility index (Phi) is 5.47. The summed E-state index contributed by atoms with van der Waals surface area (Å²) in [5, 5.41) is 0. The van der Waals surface area contributed by atoms with E-state index in [0.29, 0.717) is 11.1 Å². The fraction of sp³-hybridized carbons (Fsp3) is 0.0435. The van der Waals surface area contributed by atoms with Crippen LogP contribution in [0.25, 0.3) is 0 Å². The van der Waals surface area contributed by atoms with Gasteiger partial charge in [0.15, 0.2) is 23.3 Å². The lowest BCUT2D eigenvalue weighted by molar-refractivity contribution is 0.376. The molecule has 0 spiro atoms. The topological polar surface area (TPSA) is 0 Å². The summed E-state index contributed by atoms with van der Waals surface area (Å²) >= 11 is 0. The van der Waals surface area contributed by atoms with Crippen molar-refractivity contribution >= 4 is 0 Å². The average Bonchev–Trinajstić information content (AvgIpc) is 2.71. The zero-order chi connectivity index (χ0) is 20.3. The summed E-state index contributed by atoms with van der Waals surface area (Å²) in [7, 11) is 0. The van der Waals surface area contributed by atoms with Crippen molar-refractivity contribution < 1.29 is 22.0 Å². The van der Waals surface area contributed by atoms with E-state index < -0.39 is 34.6 Å². The highest BCUT2D eigenvalue weighted by atomic mass is 19.2. The van der Waals surface area contributed by atoms with Crippen LogP contribution in [0.2, 0.25) is 0 Å². The largest absolute Gasteiger partial charge is 0.202 e. The van der Waals surface area contributed by atoms with Gasteiger partial charge in [0.2, 0.25) is 5.82 Å². The molecule has 28 heavy (non-hydrogen) atoms. The summed E-state index contributed by atoms with van der Waals surface area (Å²) in [6, 6.07) is 14.0. The molecule has 0 amide bonds. The Morgan fingerprint density at radius 2 is 0.786 bits per heavy atom. The van der Waals surface area contributed by atoms with E-state index in [1.165, 1.54) is 12.1 Å². The van der Waals surface area contributed by atoms with E-state index in [-0.39, 0.29) is 0 Å². The lowest BCUT2D eigenvalue weighted by Crippen LogP contribution is -2.04. The fourth-order valence-corrected chi connectivity index (χ4v) is 2.27. The Morgan fingerprint density at radius 3 is 1.21 bits per heavy atom. The Balaban J connectivity index is 1.85. The van der Waals surface area contributed by atoms with Crippen LogP contribution in [0.15, 0.2) is 48.5 Å². The molecular weight excluding hydrogens is 371 g/mol. The van der Waals surface area contributed by atoms with E-state index in [2.05, 4.69) is 17.8 Å². The molecule has 138 valence electrons. The minimum absolute atomic E-state index is 0.338. The minimum atomic E-state index is -2.21. The van der Waals surface area contributed by atoms with Gasteiger partial charge in [-0.2, -0.15) is 0 Å². The maximum absolute atomic E-state index is 13.6. The van der Waals surface area contributed by atoms with Gasteiger partial charge in [-0.1, -0.05) is 41.4 Å². The van der Waals surface area contributed by atoms with E-state index in [1.54, 1.807) is 12.1 Å². The normalized spacial score (nSPS) is 9.93. The van der Waals surface area contributed by atoms with Crippen LogP contribution in [-0.4, -0.2) is 0 Å². The molecule has 0 aromatic heterocycles. The van der Waals surface area contributed by atoms with Gasteiger partial charge in [-0.05, 0) is 43.3 Å². The predicted octanol–water partition coefficient (Wildman–Crippen LogP) is 5.49. The van der Waals surface area contributed by atoms with Crippen LogP contribution >= 0.6 is 0 Å². The van der Waals surface area contributed by atoms with Crippen LogP contribution in [0.4, 0.5) is 22.0 Å². The van der Waals surface area contributed by atoms with Crippen molar-refractivity contribution in [1.82, 2.24) is 0 Å². The molecule has 0 atom stereocenters. The molecule has 0 unspecified atom stereocenters. The average molecular weight is 382 g/mol. The van der Waals surface area contributed by atoms with Gasteiger partial charge in [0.1, 0.15) is 5.56 Å². The first-order valence-corrected chi connectivity index (χ1v) is 8.09. The number of hydrogen-bond donors (Lipinski definition) is 0. The monoisotopic (exact) mass is 382 g/mol. The summed E-state index contributed by atoms with van der Waals surface area (Å²) in [6.07, 6.45) is 0. The summed E-state index contributed by atoms with van der Waals surface area (Å²) in [6.45, 7) is 1.98. The smallest absolute Gasteiger partial charge is 0.200 e. The molecule has 0 aliphatic rings. The Morgan fingerprint density at radius 1 is 0.464 bits per heavy atom. The second-order valence-corrected chi connectivity index (χ2v) is 5.89. The maximum atomic E-state index is 13.6. The van der Waals surface area contributed by atoms with E-state index >= 15 is 0 Å². The molecule has 0 radical (unpaired) electrons. The van der Waals surface area contributed by atoms with Crippen molar-refractivity contribution in [2.75, 3.05) is 0 Å². The number of halogens is 5. The Bertz CT molecular complexity index is 1120. The van der Waals surface area contributed by atoms with Crippen molar-refractivity contribution in [2.24, 2.45) is 0 Å². The summed E-state index contributed by atoms with van der Waals surface area (Å²) in [5.74, 6) is 0.186. The molecular formula is C23H11F5.